The van der Waals surface area contributed by atoms with E-state index >= 15 is 0 Å². The number of hydrogen-bond acceptors (Lipinski definition) is 4. The van der Waals surface area contributed by atoms with Crippen LogP contribution in [0, 0.1) is 0 Å². The predicted octanol–water partition coefficient (Wildman–Crippen LogP) is 2.56. The van der Waals surface area contributed by atoms with Crippen LogP contribution in [0.15, 0.2) is 18.5 Å². The van der Waals surface area contributed by atoms with E-state index in [1.807, 2.05) is 19.2 Å². The van der Waals surface area contributed by atoms with Gasteiger partial charge in [-0.2, -0.15) is 0 Å². The highest BCUT2D eigenvalue weighted by Crippen LogP contribution is 2.22. The molecule has 0 amide bonds. The Hall–Kier alpha value is -1.13. The van der Waals surface area contributed by atoms with E-state index in [2.05, 4.69) is 24.1 Å². The summed E-state index contributed by atoms with van der Waals surface area (Å²) in [6, 6.07) is 2.17. The van der Waals surface area contributed by atoms with E-state index in [4.69, 9.17) is 9.47 Å². The van der Waals surface area contributed by atoms with Crippen molar-refractivity contribution in [3.8, 4) is 5.75 Å². The fraction of sp³-hybridized carbons (Fsp3) is 0.643. The summed E-state index contributed by atoms with van der Waals surface area (Å²) in [6.45, 7) is 7.83. The highest BCUT2D eigenvalue weighted by Gasteiger charge is 2.18. The molecule has 1 heterocycles. The fourth-order valence-electron chi connectivity index (χ4n) is 1.82. The second-order valence-electron chi connectivity index (χ2n) is 4.28. The quantitative estimate of drug-likeness (QED) is 0.772. The van der Waals surface area contributed by atoms with Gasteiger partial charge in [-0.25, -0.2) is 0 Å². The first-order valence-corrected chi connectivity index (χ1v) is 6.56. The van der Waals surface area contributed by atoms with Gasteiger partial charge in [0.25, 0.3) is 0 Å². The van der Waals surface area contributed by atoms with E-state index < -0.39 is 0 Å². The number of rotatable bonds is 8. The average Bonchev–Trinajstić information content (AvgIpc) is 2.42. The number of pyridine rings is 1. The molecule has 0 fully saturated rings. The van der Waals surface area contributed by atoms with Crippen LogP contribution < -0.4 is 10.1 Å². The second kappa shape index (κ2) is 8.06. The summed E-state index contributed by atoms with van der Waals surface area (Å²) in [5, 5.41) is 3.41. The number of nitrogens with one attached hydrogen (secondary N) is 1. The average molecular weight is 252 g/mol. The zero-order chi connectivity index (χ0) is 13.4. The molecule has 102 valence electrons. The molecule has 0 saturated heterocycles. The minimum atomic E-state index is 0.0909. The Kier molecular flexibility index (Phi) is 6.68. The summed E-state index contributed by atoms with van der Waals surface area (Å²) >= 11 is 0. The van der Waals surface area contributed by atoms with Gasteiger partial charge in [-0.15, -0.1) is 0 Å². The summed E-state index contributed by atoms with van der Waals surface area (Å²) in [7, 11) is 1.72. The highest BCUT2D eigenvalue weighted by atomic mass is 16.5. The molecule has 1 aromatic rings. The second-order valence-corrected chi connectivity index (χ2v) is 4.28. The summed E-state index contributed by atoms with van der Waals surface area (Å²) in [6.07, 6.45) is 4.70. The van der Waals surface area contributed by atoms with Gasteiger partial charge < -0.3 is 14.8 Å². The first-order valence-electron chi connectivity index (χ1n) is 6.56. The lowest BCUT2D eigenvalue weighted by atomic mass is 10.0. The molecule has 0 aliphatic rings. The van der Waals surface area contributed by atoms with Crippen molar-refractivity contribution in [1.82, 2.24) is 10.3 Å². The number of nitrogens with zero attached hydrogens (tertiary/aromatic N) is 1. The van der Waals surface area contributed by atoms with E-state index in [9.17, 15) is 0 Å². The van der Waals surface area contributed by atoms with Crippen molar-refractivity contribution in [1.29, 1.82) is 0 Å². The van der Waals surface area contributed by atoms with E-state index in [0.29, 0.717) is 0 Å². The number of aromatic nitrogens is 1. The minimum Gasteiger partial charge on any atom is -0.492 e. The third kappa shape index (κ3) is 4.27. The molecular weight excluding hydrogens is 228 g/mol. The highest BCUT2D eigenvalue weighted by molar-refractivity contribution is 5.26. The van der Waals surface area contributed by atoms with Gasteiger partial charge in [-0.05, 0) is 31.5 Å². The van der Waals surface area contributed by atoms with Crippen LogP contribution in [0.4, 0.5) is 0 Å². The molecule has 0 aromatic carbocycles. The number of methoxy groups -OCH3 is 1. The lowest BCUT2D eigenvalue weighted by molar-refractivity contribution is 0.0834. The Bertz CT molecular complexity index is 344. The molecule has 1 rings (SSSR count). The van der Waals surface area contributed by atoms with Crippen molar-refractivity contribution in [3.05, 3.63) is 24.0 Å². The zero-order valence-corrected chi connectivity index (χ0v) is 11.8. The van der Waals surface area contributed by atoms with Crippen LogP contribution in [0.1, 0.15) is 38.8 Å². The number of hydrogen-bond donors (Lipinski definition) is 1. The summed E-state index contributed by atoms with van der Waals surface area (Å²) in [4.78, 5) is 4.24. The van der Waals surface area contributed by atoms with Crippen molar-refractivity contribution in [3.63, 3.8) is 0 Å². The molecule has 0 saturated carbocycles. The Morgan fingerprint density at radius 1 is 1.33 bits per heavy atom. The maximum atomic E-state index is 5.61. The van der Waals surface area contributed by atoms with Gasteiger partial charge in [0.2, 0.25) is 0 Å². The van der Waals surface area contributed by atoms with Crippen molar-refractivity contribution in [2.24, 2.45) is 0 Å². The maximum absolute atomic E-state index is 5.61. The molecule has 4 nitrogen and oxygen atoms in total. The van der Waals surface area contributed by atoms with Crippen LogP contribution in [-0.4, -0.2) is 31.3 Å². The van der Waals surface area contributed by atoms with Crippen molar-refractivity contribution >= 4 is 0 Å². The van der Waals surface area contributed by atoms with Crippen molar-refractivity contribution < 1.29 is 9.47 Å². The van der Waals surface area contributed by atoms with Crippen LogP contribution in [0.3, 0.4) is 0 Å². The third-order valence-electron chi connectivity index (χ3n) is 2.83. The van der Waals surface area contributed by atoms with E-state index in [1.165, 1.54) is 0 Å². The summed E-state index contributed by atoms with van der Waals surface area (Å²) in [5.41, 5.74) is 1.10. The minimum absolute atomic E-state index is 0.0909. The van der Waals surface area contributed by atoms with Crippen LogP contribution in [0.2, 0.25) is 0 Å². The van der Waals surface area contributed by atoms with Crippen LogP contribution >= 0.6 is 0 Å². The number of ether oxygens (including phenoxy) is 2. The summed E-state index contributed by atoms with van der Waals surface area (Å²) < 4.78 is 11.0. The molecule has 0 aliphatic heterocycles. The van der Waals surface area contributed by atoms with Gasteiger partial charge in [0.15, 0.2) is 0 Å². The third-order valence-corrected chi connectivity index (χ3v) is 2.83. The van der Waals surface area contributed by atoms with Crippen LogP contribution in [0.25, 0.3) is 0 Å². The summed E-state index contributed by atoms with van der Waals surface area (Å²) in [5.74, 6) is 0.820. The molecular formula is C14H24N2O2. The lowest BCUT2D eigenvalue weighted by Gasteiger charge is -2.24. The predicted molar refractivity (Wildman–Crippen MR) is 72.9 cm³/mol. The molecule has 18 heavy (non-hydrogen) atoms. The van der Waals surface area contributed by atoms with E-state index in [0.717, 1.165) is 30.9 Å². The van der Waals surface area contributed by atoms with Gasteiger partial charge >= 0.3 is 0 Å². The van der Waals surface area contributed by atoms with Crippen LogP contribution in [0.5, 0.6) is 5.75 Å². The standard InChI is InChI=1S/C14H24N2O2/c1-5-7-18-13-8-12(9-15-10-13)14(16-6-2)11(3)17-4/h8-11,14,16H,5-7H2,1-4H3. The molecule has 2 atom stereocenters. The first kappa shape index (κ1) is 14.9. The normalized spacial score (nSPS) is 14.2. The van der Waals surface area contributed by atoms with E-state index in [1.54, 1.807) is 13.3 Å². The van der Waals surface area contributed by atoms with Crippen molar-refractivity contribution in [2.75, 3.05) is 20.3 Å². The molecule has 4 heteroatoms. The fourth-order valence-corrected chi connectivity index (χ4v) is 1.82. The van der Waals surface area contributed by atoms with Crippen LogP contribution in [-0.2, 0) is 4.74 Å². The molecule has 1 aromatic heterocycles. The smallest absolute Gasteiger partial charge is 0.137 e. The Morgan fingerprint density at radius 3 is 2.72 bits per heavy atom. The monoisotopic (exact) mass is 252 g/mol. The van der Waals surface area contributed by atoms with E-state index in [-0.39, 0.29) is 12.1 Å². The van der Waals surface area contributed by atoms with Gasteiger partial charge in [0.05, 0.1) is 24.9 Å². The molecule has 0 radical (unpaired) electrons. The molecule has 0 bridgehead atoms. The molecule has 0 spiro atoms. The molecule has 1 N–H and O–H groups in total. The Balaban J connectivity index is 2.83. The molecule has 2 unspecified atom stereocenters. The van der Waals surface area contributed by atoms with Gasteiger partial charge in [-0.3, -0.25) is 4.98 Å². The first-order chi connectivity index (χ1) is 8.72. The largest absolute Gasteiger partial charge is 0.492 e. The Morgan fingerprint density at radius 2 is 2.11 bits per heavy atom. The van der Waals surface area contributed by atoms with Gasteiger partial charge in [0, 0.05) is 13.3 Å². The lowest BCUT2D eigenvalue weighted by Crippen LogP contribution is -2.31. The van der Waals surface area contributed by atoms with Gasteiger partial charge in [0.1, 0.15) is 5.75 Å². The maximum Gasteiger partial charge on any atom is 0.137 e. The van der Waals surface area contributed by atoms with Gasteiger partial charge in [-0.1, -0.05) is 13.8 Å². The SMILES string of the molecule is CCCOc1cncc(C(NCC)C(C)OC)c1. The Labute approximate surface area is 110 Å². The molecule has 0 aliphatic carbocycles. The number of likely N-dealkylation sites (N-methyl/N-ethyl adjacent to an activating group) is 1. The zero-order valence-electron chi connectivity index (χ0n) is 11.8. The van der Waals surface area contributed by atoms with Crippen molar-refractivity contribution in [2.45, 2.75) is 39.3 Å². The topological polar surface area (TPSA) is 43.4 Å².